The number of anilines is 3. The van der Waals surface area contributed by atoms with Gasteiger partial charge in [-0.25, -0.2) is 9.97 Å². The molecule has 2 aromatic heterocycles. The monoisotopic (exact) mass is 574 g/mol. The maximum Gasteiger partial charge on any atom is 0.420 e. The summed E-state index contributed by atoms with van der Waals surface area (Å²) in [6.45, 7) is 5.53. The van der Waals surface area contributed by atoms with Crippen LogP contribution >= 0.6 is 23.1 Å². The molecule has 4 heterocycles. The highest BCUT2D eigenvalue weighted by Gasteiger charge is 2.37. The van der Waals surface area contributed by atoms with E-state index in [9.17, 15) is 18.0 Å². The number of hydrogen-bond donors (Lipinski definition) is 2. The van der Waals surface area contributed by atoms with E-state index in [0.717, 1.165) is 66.9 Å². The first-order valence-electron chi connectivity index (χ1n) is 13.0. The molecular formula is C27H29F3N6OS2. The fourth-order valence-corrected chi connectivity index (χ4v) is 7.46. The number of thioether (sulfide) groups is 1. The molecule has 39 heavy (non-hydrogen) atoms. The predicted molar refractivity (Wildman–Crippen MR) is 149 cm³/mol. The normalized spacial score (nSPS) is 20.1. The third-order valence-corrected chi connectivity index (χ3v) is 9.56. The Kier molecular flexibility index (Phi) is 6.96. The Morgan fingerprint density at radius 3 is 2.74 bits per heavy atom. The molecule has 1 atom stereocenters. The highest BCUT2D eigenvalue weighted by Crippen LogP contribution is 2.46. The molecular weight excluding hydrogens is 545 g/mol. The number of nitrogens with zero attached hydrogens (tertiary/aromatic N) is 4. The van der Waals surface area contributed by atoms with Gasteiger partial charge in [0, 0.05) is 67.5 Å². The largest absolute Gasteiger partial charge is 0.420 e. The molecule has 1 aromatic carbocycles. The van der Waals surface area contributed by atoms with Crippen LogP contribution < -0.4 is 15.5 Å². The Labute approximate surface area is 233 Å². The maximum atomic E-state index is 14.0. The van der Waals surface area contributed by atoms with Gasteiger partial charge in [-0.15, -0.1) is 23.1 Å². The minimum atomic E-state index is -4.63. The van der Waals surface area contributed by atoms with Gasteiger partial charge in [0.25, 0.3) is 5.91 Å². The molecule has 0 unspecified atom stereocenters. The van der Waals surface area contributed by atoms with Crippen molar-refractivity contribution < 1.29 is 18.0 Å². The number of halogens is 3. The standard InChI is InChI=1S/C27H29F3N6OS2/c1-15-14-36(8-7-31-15)17-5-6-20(18(11-17)16-3-4-16)33-26-32-13-19(27(28,29)30)23(34-26)21-12-22-24(39-21)25(37)35(2)9-10-38-22/h5-6,11-13,15-16,31H,3-4,7-10,14H2,1-2H3,(H,32,33,34)/t15-/m0/s1. The molecule has 12 heteroatoms. The predicted octanol–water partition coefficient (Wildman–Crippen LogP) is 5.82. The molecule has 3 aromatic rings. The summed E-state index contributed by atoms with van der Waals surface area (Å²) in [6.07, 6.45) is -1.64. The van der Waals surface area contributed by atoms with E-state index in [0.29, 0.717) is 38.9 Å². The maximum absolute atomic E-state index is 14.0. The van der Waals surface area contributed by atoms with Gasteiger partial charge in [0.2, 0.25) is 5.95 Å². The van der Waals surface area contributed by atoms with Gasteiger partial charge in [0.05, 0.1) is 10.6 Å². The van der Waals surface area contributed by atoms with Crippen LogP contribution in [-0.4, -0.2) is 65.8 Å². The summed E-state index contributed by atoms with van der Waals surface area (Å²) in [5.74, 6) is 1.01. The number of carbonyl (C=O) groups is 1. The van der Waals surface area contributed by atoms with E-state index in [1.54, 1.807) is 18.0 Å². The van der Waals surface area contributed by atoms with Crippen LogP contribution in [0.25, 0.3) is 10.6 Å². The van der Waals surface area contributed by atoms with Crippen molar-refractivity contribution in [2.24, 2.45) is 0 Å². The van der Waals surface area contributed by atoms with Crippen molar-refractivity contribution >= 4 is 46.3 Å². The van der Waals surface area contributed by atoms with Gasteiger partial charge in [-0.1, -0.05) is 0 Å². The number of rotatable bonds is 5. The van der Waals surface area contributed by atoms with E-state index >= 15 is 0 Å². The number of aromatic nitrogens is 2. The molecule has 0 spiro atoms. The van der Waals surface area contributed by atoms with Crippen LogP contribution in [0.4, 0.5) is 30.5 Å². The number of fused-ring (bicyclic) bond motifs is 1. The zero-order valence-electron chi connectivity index (χ0n) is 21.6. The van der Waals surface area contributed by atoms with E-state index in [1.807, 2.05) is 12.1 Å². The number of benzene rings is 1. The Morgan fingerprint density at radius 2 is 2.00 bits per heavy atom. The molecule has 2 N–H and O–H groups in total. The summed E-state index contributed by atoms with van der Waals surface area (Å²) in [5, 5.41) is 6.67. The second-order valence-corrected chi connectivity index (χ2v) is 12.5. The van der Waals surface area contributed by atoms with Gasteiger partial charge in [0.15, 0.2) is 0 Å². The highest BCUT2D eigenvalue weighted by atomic mass is 32.2. The molecule has 0 radical (unpaired) electrons. The average Bonchev–Trinajstić information content (AvgIpc) is 3.68. The number of hydrogen-bond acceptors (Lipinski definition) is 8. The molecule has 1 saturated heterocycles. The number of nitrogens with one attached hydrogen (secondary N) is 2. The second-order valence-electron chi connectivity index (χ2n) is 10.3. The number of amides is 1. The molecule has 2 fully saturated rings. The van der Waals surface area contributed by atoms with Crippen molar-refractivity contribution in [1.82, 2.24) is 20.2 Å². The van der Waals surface area contributed by atoms with Gasteiger partial charge >= 0.3 is 6.18 Å². The molecule has 2 aliphatic heterocycles. The van der Waals surface area contributed by atoms with Crippen LogP contribution in [0.3, 0.4) is 0 Å². The van der Waals surface area contributed by atoms with Crippen molar-refractivity contribution in [2.75, 3.05) is 49.2 Å². The fourth-order valence-electron chi connectivity index (χ4n) is 5.03. The van der Waals surface area contributed by atoms with Crippen LogP contribution in [0.2, 0.25) is 0 Å². The van der Waals surface area contributed by atoms with E-state index in [4.69, 9.17) is 0 Å². The number of carbonyl (C=O) groups excluding carboxylic acids is 1. The lowest BCUT2D eigenvalue weighted by molar-refractivity contribution is -0.137. The number of thiophene rings is 1. The van der Waals surface area contributed by atoms with E-state index < -0.39 is 11.7 Å². The van der Waals surface area contributed by atoms with Crippen LogP contribution in [0, 0.1) is 0 Å². The van der Waals surface area contributed by atoms with Crippen molar-refractivity contribution in [1.29, 1.82) is 0 Å². The zero-order chi connectivity index (χ0) is 27.3. The minimum absolute atomic E-state index is 0.100. The molecule has 1 aliphatic carbocycles. The molecule has 206 valence electrons. The zero-order valence-corrected chi connectivity index (χ0v) is 23.3. The van der Waals surface area contributed by atoms with Crippen LogP contribution in [0.1, 0.15) is 46.5 Å². The topological polar surface area (TPSA) is 73.4 Å². The van der Waals surface area contributed by atoms with E-state index in [-0.39, 0.29) is 17.5 Å². The highest BCUT2D eigenvalue weighted by molar-refractivity contribution is 7.99. The number of piperazine rings is 1. The van der Waals surface area contributed by atoms with Crippen LogP contribution in [-0.2, 0) is 6.18 Å². The van der Waals surface area contributed by atoms with Gasteiger partial charge in [-0.3, -0.25) is 4.79 Å². The SMILES string of the molecule is C[C@H]1CN(c2ccc(Nc3ncc(C(F)(F)F)c(-c4cc5c(s4)C(=O)N(C)CCS5)n3)c(C3CC3)c2)CCN1. The first kappa shape index (κ1) is 26.4. The van der Waals surface area contributed by atoms with E-state index in [1.165, 1.54) is 11.8 Å². The quantitative estimate of drug-likeness (QED) is 0.398. The summed E-state index contributed by atoms with van der Waals surface area (Å²) in [7, 11) is 1.71. The van der Waals surface area contributed by atoms with Gasteiger partial charge in [-0.2, -0.15) is 13.2 Å². The molecule has 7 nitrogen and oxygen atoms in total. The third kappa shape index (κ3) is 5.46. The fraction of sp³-hybridized carbons (Fsp3) is 0.444. The van der Waals surface area contributed by atoms with Gasteiger partial charge < -0.3 is 20.4 Å². The lowest BCUT2D eigenvalue weighted by Crippen LogP contribution is -2.49. The number of alkyl halides is 3. The Morgan fingerprint density at radius 1 is 1.18 bits per heavy atom. The summed E-state index contributed by atoms with van der Waals surface area (Å²) < 4.78 is 42.1. The molecule has 0 bridgehead atoms. The third-order valence-electron chi connectivity index (χ3n) is 7.28. The Balaban J connectivity index is 1.35. The van der Waals surface area contributed by atoms with Crippen molar-refractivity contribution in [2.45, 2.75) is 42.8 Å². The lowest BCUT2D eigenvalue weighted by Gasteiger charge is -2.34. The van der Waals surface area contributed by atoms with Crippen molar-refractivity contribution in [3.05, 3.63) is 46.5 Å². The first-order valence-corrected chi connectivity index (χ1v) is 14.8. The summed E-state index contributed by atoms with van der Waals surface area (Å²) in [6, 6.07) is 8.28. The summed E-state index contributed by atoms with van der Waals surface area (Å²) in [4.78, 5) is 26.6. The van der Waals surface area contributed by atoms with Crippen LogP contribution in [0.15, 0.2) is 35.4 Å². The molecule has 1 amide bonds. The smallest absolute Gasteiger partial charge is 0.369 e. The first-order chi connectivity index (χ1) is 18.7. The van der Waals surface area contributed by atoms with Gasteiger partial charge in [-0.05, 0) is 55.5 Å². The molecule has 3 aliphatic rings. The average molecular weight is 575 g/mol. The summed E-state index contributed by atoms with van der Waals surface area (Å²) >= 11 is 2.53. The van der Waals surface area contributed by atoms with E-state index in [2.05, 4.69) is 38.5 Å². The lowest BCUT2D eigenvalue weighted by atomic mass is 10.1. The molecule has 6 rings (SSSR count). The Bertz CT molecular complexity index is 1410. The minimum Gasteiger partial charge on any atom is -0.369 e. The summed E-state index contributed by atoms with van der Waals surface area (Å²) in [5.41, 5.74) is 1.97. The van der Waals surface area contributed by atoms with Crippen molar-refractivity contribution in [3.63, 3.8) is 0 Å². The Hall–Kier alpha value is -2.83. The van der Waals surface area contributed by atoms with Crippen molar-refractivity contribution in [3.8, 4) is 10.6 Å². The van der Waals surface area contributed by atoms with Crippen LogP contribution in [0.5, 0.6) is 0 Å². The second kappa shape index (κ2) is 10.3. The van der Waals surface area contributed by atoms with Gasteiger partial charge in [0.1, 0.15) is 10.4 Å². The molecule has 1 saturated carbocycles.